The van der Waals surface area contributed by atoms with Crippen molar-refractivity contribution < 1.29 is 0 Å². The molecule has 3 rings (SSSR count). The van der Waals surface area contributed by atoms with Gasteiger partial charge in [-0.1, -0.05) is 6.92 Å². The summed E-state index contributed by atoms with van der Waals surface area (Å²) in [4.78, 5) is 0. The number of nitrogens with one attached hydrogen (secondary N) is 1. The van der Waals surface area contributed by atoms with Crippen LogP contribution in [0.3, 0.4) is 0 Å². The van der Waals surface area contributed by atoms with Gasteiger partial charge in [0, 0.05) is 6.04 Å². The van der Waals surface area contributed by atoms with Crippen LogP contribution < -0.4 is 5.32 Å². The smallest absolute Gasteiger partial charge is 0.00673 e. The lowest BCUT2D eigenvalue weighted by Crippen LogP contribution is -2.28. The van der Waals surface area contributed by atoms with Crippen LogP contribution in [0.1, 0.15) is 32.6 Å². The number of rotatable bonds is 0. The third-order valence-corrected chi connectivity index (χ3v) is 3.31. The van der Waals surface area contributed by atoms with E-state index in [4.69, 9.17) is 0 Å². The first kappa shape index (κ1) is 6.66. The standard InChI is InChI=1S/C9H17N/c1-7-6-10-9-4-2-8(7)3-5-9/h7-10H,2-6H2,1H3/t7-,8?,9?/m0/s1. The van der Waals surface area contributed by atoms with Crippen molar-refractivity contribution in [2.45, 2.75) is 38.6 Å². The Bertz CT molecular complexity index is 114. The van der Waals surface area contributed by atoms with E-state index in [0.29, 0.717) is 0 Å². The Kier molecular flexibility index (Phi) is 1.69. The van der Waals surface area contributed by atoms with Gasteiger partial charge in [0.25, 0.3) is 0 Å². The predicted octanol–water partition coefficient (Wildman–Crippen LogP) is 1.78. The molecule has 1 saturated carbocycles. The molecule has 0 unspecified atom stereocenters. The molecule has 10 heavy (non-hydrogen) atoms. The van der Waals surface area contributed by atoms with Crippen LogP contribution in [0, 0.1) is 11.8 Å². The molecule has 0 aromatic heterocycles. The molecule has 2 saturated heterocycles. The van der Waals surface area contributed by atoms with Crippen LogP contribution in [0.2, 0.25) is 0 Å². The van der Waals surface area contributed by atoms with Crippen LogP contribution in [-0.4, -0.2) is 12.6 Å². The lowest BCUT2D eigenvalue weighted by Gasteiger charge is -2.24. The highest BCUT2D eigenvalue weighted by Crippen LogP contribution is 2.32. The van der Waals surface area contributed by atoms with E-state index in [-0.39, 0.29) is 0 Å². The zero-order chi connectivity index (χ0) is 6.97. The third-order valence-electron chi connectivity index (χ3n) is 3.31. The van der Waals surface area contributed by atoms with Crippen molar-refractivity contribution in [3.63, 3.8) is 0 Å². The van der Waals surface area contributed by atoms with Gasteiger partial charge >= 0.3 is 0 Å². The molecular formula is C9H17N. The lowest BCUT2D eigenvalue weighted by atomic mass is 9.82. The van der Waals surface area contributed by atoms with Gasteiger partial charge in [0.15, 0.2) is 0 Å². The van der Waals surface area contributed by atoms with Gasteiger partial charge < -0.3 is 5.32 Å². The van der Waals surface area contributed by atoms with E-state index in [9.17, 15) is 0 Å². The van der Waals surface area contributed by atoms with Crippen LogP contribution in [0.15, 0.2) is 0 Å². The highest BCUT2D eigenvalue weighted by molar-refractivity contribution is 4.85. The Balaban J connectivity index is 2.07. The fourth-order valence-electron chi connectivity index (χ4n) is 2.41. The normalized spacial score (nSPS) is 47.1. The largest absolute Gasteiger partial charge is 0.314 e. The van der Waals surface area contributed by atoms with Crippen LogP contribution in [0.25, 0.3) is 0 Å². The fraction of sp³-hybridized carbons (Fsp3) is 1.00. The minimum atomic E-state index is 0.876. The molecule has 0 aromatic rings. The van der Waals surface area contributed by atoms with Crippen molar-refractivity contribution in [1.29, 1.82) is 0 Å². The molecule has 0 spiro atoms. The molecule has 1 heteroatoms. The highest BCUT2D eigenvalue weighted by atomic mass is 14.9. The third kappa shape index (κ3) is 1.07. The lowest BCUT2D eigenvalue weighted by molar-refractivity contribution is 0.296. The Morgan fingerprint density at radius 1 is 1.10 bits per heavy atom. The van der Waals surface area contributed by atoms with E-state index in [0.717, 1.165) is 17.9 Å². The molecule has 0 aromatic carbocycles. The zero-order valence-electron chi connectivity index (χ0n) is 6.77. The number of fused-ring (bicyclic) bond motifs is 4. The molecule has 58 valence electrons. The second-order valence-electron chi connectivity index (χ2n) is 4.00. The van der Waals surface area contributed by atoms with Gasteiger partial charge in [0.1, 0.15) is 0 Å². The van der Waals surface area contributed by atoms with Crippen LogP contribution in [0.5, 0.6) is 0 Å². The predicted molar refractivity (Wildman–Crippen MR) is 42.9 cm³/mol. The van der Waals surface area contributed by atoms with E-state index < -0.39 is 0 Å². The van der Waals surface area contributed by atoms with E-state index >= 15 is 0 Å². The molecule has 2 heterocycles. The summed E-state index contributed by atoms with van der Waals surface area (Å²) in [6, 6.07) is 0.876. The summed E-state index contributed by atoms with van der Waals surface area (Å²) in [6.45, 7) is 3.67. The highest BCUT2D eigenvalue weighted by Gasteiger charge is 2.28. The van der Waals surface area contributed by atoms with Gasteiger partial charge in [-0.05, 0) is 44.1 Å². The van der Waals surface area contributed by atoms with Crippen molar-refractivity contribution in [2.24, 2.45) is 11.8 Å². The maximum absolute atomic E-state index is 3.62. The van der Waals surface area contributed by atoms with Crippen molar-refractivity contribution in [3.05, 3.63) is 0 Å². The summed E-state index contributed by atoms with van der Waals surface area (Å²) in [6.07, 6.45) is 5.85. The monoisotopic (exact) mass is 139 g/mol. The first-order valence-electron chi connectivity index (χ1n) is 4.59. The molecule has 0 amide bonds. The molecule has 1 nitrogen and oxygen atoms in total. The Hall–Kier alpha value is -0.0400. The van der Waals surface area contributed by atoms with E-state index in [1.54, 1.807) is 0 Å². The van der Waals surface area contributed by atoms with Crippen LogP contribution >= 0.6 is 0 Å². The Labute approximate surface area is 63.2 Å². The van der Waals surface area contributed by atoms with Gasteiger partial charge in [0.05, 0.1) is 0 Å². The van der Waals surface area contributed by atoms with Crippen molar-refractivity contribution in [2.75, 3.05) is 6.54 Å². The molecule has 1 aliphatic carbocycles. The summed E-state index contributed by atoms with van der Waals surface area (Å²) in [5.41, 5.74) is 0. The SMILES string of the molecule is C[C@H]1CNC2CCC1CC2. The van der Waals surface area contributed by atoms with Gasteiger partial charge in [-0.25, -0.2) is 0 Å². The van der Waals surface area contributed by atoms with Crippen molar-refractivity contribution in [3.8, 4) is 0 Å². The number of hydrogen-bond acceptors (Lipinski definition) is 1. The second kappa shape index (κ2) is 2.54. The minimum Gasteiger partial charge on any atom is -0.314 e. The fourth-order valence-corrected chi connectivity index (χ4v) is 2.41. The topological polar surface area (TPSA) is 12.0 Å². The molecule has 1 atom stereocenters. The summed E-state index contributed by atoms with van der Waals surface area (Å²) >= 11 is 0. The Morgan fingerprint density at radius 2 is 1.80 bits per heavy atom. The quantitative estimate of drug-likeness (QED) is 0.539. The van der Waals surface area contributed by atoms with Gasteiger partial charge in [-0.15, -0.1) is 0 Å². The van der Waals surface area contributed by atoms with E-state index in [2.05, 4.69) is 12.2 Å². The summed E-state index contributed by atoms with van der Waals surface area (Å²) < 4.78 is 0. The van der Waals surface area contributed by atoms with Crippen LogP contribution in [0.4, 0.5) is 0 Å². The second-order valence-corrected chi connectivity index (χ2v) is 4.00. The number of hydrogen-bond donors (Lipinski definition) is 1. The molecular weight excluding hydrogens is 122 g/mol. The summed E-state index contributed by atoms with van der Waals surface area (Å²) in [5, 5.41) is 3.62. The average molecular weight is 139 g/mol. The van der Waals surface area contributed by atoms with Crippen molar-refractivity contribution in [1.82, 2.24) is 5.32 Å². The Morgan fingerprint density at radius 3 is 2.50 bits per heavy atom. The first-order chi connectivity index (χ1) is 4.86. The average Bonchev–Trinajstić information content (AvgIpc) is 2.24. The van der Waals surface area contributed by atoms with E-state index in [1.807, 2.05) is 0 Å². The molecule has 1 N–H and O–H groups in total. The summed E-state index contributed by atoms with van der Waals surface area (Å²) in [5.74, 6) is 1.98. The zero-order valence-corrected chi connectivity index (χ0v) is 6.77. The maximum atomic E-state index is 3.62. The minimum absolute atomic E-state index is 0.876. The van der Waals surface area contributed by atoms with Gasteiger partial charge in [-0.2, -0.15) is 0 Å². The van der Waals surface area contributed by atoms with Crippen molar-refractivity contribution >= 4 is 0 Å². The van der Waals surface area contributed by atoms with Gasteiger partial charge in [0.2, 0.25) is 0 Å². The molecule has 2 bridgehead atoms. The van der Waals surface area contributed by atoms with Gasteiger partial charge in [-0.3, -0.25) is 0 Å². The molecule has 3 aliphatic rings. The molecule has 3 fully saturated rings. The molecule has 2 aliphatic heterocycles. The first-order valence-corrected chi connectivity index (χ1v) is 4.59. The van der Waals surface area contributed by atoms with Crippen LogP contribution in [-0.2, 0) is 0 Å². The summed E-state index contributed by atoms with van der Waals surface area (Å²) in [7, 11) is 0. The van der Waals surface area contributed by atoms with E-state index in [1.165, 1.54) is 32.2 Å². The maximum Gasteiger partial charge on any atom is 0.00673 e. The molecule has 0 radical (unpaired) electrons.